The lowest BCUT2D eigenvalue weighted by molar-refractivity contribution is -0.122. The predicted molar refractivity (Wildman–Crippen MR) is 47.9 cm³/mol. The van der Waals surface area contributed by atoms with Gasteiger partial charge in [0.05, 0.1) is 26.9 Å². The zero-order valence-corrected chi connectivity index (χ0v) is 8.42. The summed E-state index contributed by atoms with van der Waals surface area (Å²) in [7, 11) is 0. The Morgan fingerprint density at radius 1 is 1.75 bits per heavy atom. The van der Waals surface area contributed by atoms with Gasteiger partial charge in [-0.05, 0) is 6.42 Å². The summed E-state index contributed by atoms with van der Waals surface area (Å²) in [5, 5.41) is 0. The van der Waals surface area contributed by atoms with Crippen LogP contribution in [0.15, 0.2) is 0 Å². The smallest absolute Gasteiger partial charge is 0.232 e. The molecular formula is C4H5I2NO. The van der Waals surface area contributed by atoms with Gasteiger partial charge in [-0.25, -0.2) is 0 Å². The Hall–Kier alpha value is 0.930. The zero-order valence-electron chi connectivity index (χ0n) is 4.10. The molecule has 0 N–H and O–H groups in total. The first-order chi connectivity index (χ1) is 3.72. The molecule has 46 valence electrons. The van der Waals surface area contributed by atoms with Gasteiger partial charge < -0.3 is 0 Å². The first-order valence-corrected chi connectivity index (χ1v) is 4.55. The minimum Gasteiger partial charge on any atom is -0.274 e. The summed E-state index contributed by atoms with van der Waals surface area (Å²) in [6.45, 7) is 0. The van der Waals surface area contributed by atoms with E-state index in [9.17, 15) is 4.79 Å². The number of carbonyl (C=O) groups excluding carboxylic acids is 1. The van der Waals surface area contributed by atoms with Gasteiger partial charge in [0.1, 0.15) is 0 Å². The van der Waals surface area contributed by atoms with Gasteiger partial charge in [-0.15, -0.1) is 0 Å². The molecule has 8 heavy (non-hydrogen) atoms. The number of alkyl halides is 1. The molecule has 0 saturated carbocycles. The standard InChI is InChI=1S/C4H5I2NO/c5-3-1-2-4(8)7(3)6/h3H,1-2H2. The van der Waals surface area contributed by atoms with E-state index in [-0.39, 0.29) is 5.91 Å². The van der Waals surface area contributed by atoms with Gasteiger partial charge in [0.25, 0.3) is 0 Å². The zero-order chi connectivity index (χ0) is 6.15. The monoisotopic (exact) mass is 337 g/mol. The van der Waals surface area contributed by atoms with E-state index < -0.39 is 0 Å². The maximum atomic E-state index is 10.7. The molecule has 1 aliphatic rings. The van der Waals surface area contributed by atoms with Crippen LogP contribution in [0.5, 0.6) is 0 Å². The van der Waals surface area contributed by atoms with E-state index >= 15 is 0 Å². The van der Waals surface area contributed by atoms with Crippen LogP contribution >= 0.6 is 45.5 Å². The maximum absolute atomic E-state index is 10.7. The lowest BCUT2D eigenvalue weighted by atomic mass is 10.4. The Bertz CT molecular complexity index is 117. The van der Waals surface area contributed by atoms with E-state index in [1.165, 1.54) is 0 Å². The molecule has 0 aliphatic carbocycles. The van der Waals surface area contributed by atoms with E-state index in [2.05, 4.69) is 45.5 Å². The van der Waals surface area contributed by atoms with Crippen molar-refractivity contribution in [2.24, 2.45) is 0 Å². The molecule has 4 heteroatoms. The van der Waals surface area contributed by atoms with Crippen LogP contribution in [-0.2, 0) is 4.79 Å². The van der Waals surface area contributed by atoms with Crippen LogP contribution in [-0.4, -0.2) is 13.1 Å². The second kappa shape index (κ2) is 2.68. The highest BCUT2D eigenvalue weighted by atomic mass is 127. The molecule has 1 unspecified atom stereocenters. The van der Waals surface area contributed by atoms with Crippen LogP contribution in [0.4, 0.5) is 0 Å². The van der Waals surface area contributed by atoms with Crippen molar-refractivity contribution >= 4 is 51.4 Å². The van der Waals surface area contributed by atoms with Gasteiger partial charge in [-0.1, -0.05) is 22.6 Å². The molecule has 0 spiro atoms. The summed E-state index contributed by atoms with van der Waals surface area (Å²) in [5.74, 6) is 0.269. The van der Waals surface area contributed by atoms with Gasteiger partial charge in [-0.2, -0.15) is 0 Å². The van der Waals surface area contributed by atoms with E-state index in [0.29, 0.717) is 4.05 Å². The Morgan fingerprint density at radius 3 is 2.50 bits per heavy atom. The number of rotatable bonds is 0. The highest BCUT2D eigenvalue weighted by molar-refractivity contribution is 14.1. The van der Waals surface area contributed by atoms with Gasteiger partial charge in [0.15, 0.2) is 0 Å². The van der Waals surface area contributed by atoms with Crippen LogP contribution < -0.4 is 0 Å². The molecule has 1 atom stereocenters. The van der Waals surface area contributed by atoms with Crippen LogP contribution in [0, 0.1) is 0 Å². The molecule has 0 aromatic carbocycles. The van der Waals surface area contributed by atoms with Crippen molar-refractivity contribution in [2.45, 2.75) is 16.9 Å². The third-order valence-electron chi connectivity index (χ3n) is 1.08. The van der Waals surface area contributed by atoms with Crippen molar-refractivity contribution in [1.82, 2.24) is 3.11 Å². The average Bonchev–Trinajstić information content (AvgIpc) is 1.98. The van der Waals surface area contributed by atoms with Crippen molar-refractivity contribution in [1.29, 1.82) is 0 Å². The number of halogens is 2. The van der Waals surface area contributed by atoms with Crippen LogP contribution in [0.3, 0.4) is 0 Å². The summed E-state index contributed by atoms with van der Waals surface area (Å²) in [6, 6.07) is 0. The van der Waals surface area contributed by atoms with Gasteiger partial charge >= 0.3 is 0 Å². The van der Waals surface area contributed by atoms with Crippen LogP contribution in [0.2, 0.25) is 0 Å². The lowest BCUT2D eigenvalue weighted by Gasteiger charge is -2.08. The SMILES string of the molecule is O=C1CCC(I)N1I. The minimum atomic E-state index is 0.269. The number of nitrogens with zero attached hydrogens (tertiary/aromatic N) is 1. The Labute approximate surface area is 75.6 Å². The second-order valence-electron chi connectivity index (χ2n) is 1.68. The fourth-order valence-corrected chi connectivity index (χ4v) is 1.76. The van der Waals surface area contributed by atoms with Gasteiger partial charge in [-0.3, -0.25) is 7.91 Å². The Kier molecular flexibility index (Phi) is 2.36. The molecule has 1 aliphatic heterocycles. The molecule has 1 heterocycles. The molecule has 2 nitrogen and oxygen atoms in total. The number of amides is 1. The average molecular weight is 337 g/mol. The van der Waals surface area contributed by atoms with Gasteiger partial charge in [0.2, 0.25) is 5.91 Å². The second-order valence-corrected chi connectivity index (χ2v) is 4.16. The Morgan fingerprint density at radius 2 is 2.38 bits per heavy atom. The van der Waals surface area contributed by atoms with Crippen molar-refractivity contribution in [3.63, 3.8) is 0 Å². The molecule has 0 bridgehead atoms. The number of carbonyl (C=O) groups is 1. The minimum absolute atomic E-state index is 0.269. The molecule has 0 aromatic rings. The van der Waals surface area contributed by atoms with Gasteiger partial charge in [0, 0.05) is 6.42 Å². The number of hydrogen-bond acceptors (Lipinski definition) is 1. The molecular weight excluding hydrogens is 332 g/mol. The third kappa shape index (κ3) is 1.26. The fraction of sp³-hybridized carbons (Fsp3) is 0.750. The molecule has 0 aromatic heterocycles. The van der Waals surface area contributed by atoms with E-state index in [0.717, 1.165) is 12.8 Å². The summed E-state index contributed by atoms with van der Waals surface area (Å²) in [6.07, 6.45) is 1.75. The fourth-order valence-electron chi connectivity index (χ4n) is 0.619. The van der Waals surface area contributed by atoms with E-state index in [1.807, 2.05) is 0 Å². The van der Waals surface area contributed by atoms with Crippen molar-refractivity contribution in [3.8, 4) is 0 Å². The van der Waals surface area contributed by atoms with Crippen LogP contribution in [0.1, 0.15) is 12.8 Å². The quantitative estimate of drug-likeness (QED) is 0.285. The van der Waals surface area contributed by atoms with E-state index in [4.69, 9.17) is 0 Å². The summed E-state index contributed by atoms with van der Waals surface area (Å²) in [4.78, 5) is 10.7. The highest BCUT2D eigenvalue weighted by Crippen LogP contribution is 2.26. The summed E-state index contributed by atoms with van der Waals surface area (Å²) < 4.78 is 2.19. The predicted octanol–water partition coefficient (Wildman–Crippen LogP) is 1.72. The van der Waals surface area contributed by atoms with E-state index in [1.54, 1.807) is 3.11 Å². The molecule has 1 fully saturated rings. The highest BCUT2D eigenvalue weighted by Gasteiger charge is 2.26. The number of hydrogen-bond donors (Lipinski definition) is 0. The van der Waals surface area contributed by atoms with Crippen LogP contribution in [0.25, 0.3) is 0 Å². The first-order valence-electron chi connectivity index (χ1n) is 2.33. The topological polar surface area (TPSA) is 20.3 Å². The van der Waals surface area contributed by atoms with Crippen molar-refractivity contribution in [2.75, 3.05) is 0 Å². The molecule has 1 amide bonds. The largest absolute Gasteiger partial charge is 0.274 e. The lowest BCUT2D eigenvalue weighted by Crippen LogP contribution is -2.16. The molecule has 1 saturated heterocycles. The summed E-state index contributed by atoms with van der Waals surface area (Å²) in [5.41, 5.74) is 0. The first kappa shape index (κ1) is 7.04. The Balaban J connectivity index is 2.56. The third-order valence-corrected chi connectivity index (χ3v) is 4.54. The summed E-state index contributed by atoms with van der Waals surface area (Å²) >= 11 is 4.33. The van der Waals surface area contributed by atoms with Crippen molar-refractivity contribution in [3.05, 3.63) is 0 Å². The van der Waals surface area contributed by atoms with Crippen molar-refractivity contribution < 1.29 is 4.79 Å². The normalized spacial score (nSPS) is 29.5. The molecule has 1 rings (SSSR count). The maximum Gasteiger partial charge on any atom is 0.232 e. The molecule has 0 radical (unpaired) electrons.